The van der Waals surface area contributed by atoms with Gasteiger partial charge in [-0.1, -0.05) is 19.3 Å². The van der Waals surface area contributed by atoms with Crippen molar-refractivity contribution in [3.63, 3.8) is 0 Å². The Kier molecular flexibility index (Phi) is 2.41. The molecule has 3 heteroatoms. The maximum Gasteiger partial charge on any atom is 0.126 e. The van der Waals surface area contributed by atoms with E-state index in [1.54, 1.807) is 0 Å². The van der Waals surface area contributed by atoms with E-state index < -0.39 is 0 Å². The third-order valence-corrected chi connectivity index (χ3v) is 4.14. The minimum atomic E-state index is 0.632. The van der Waals surface area contributed by atoms with Gasteiger partial charge >= 0.3 is 0 Å². The lowest BCUT2D eigenvalue weighted by Crippen LogP contribution is -2.08. The molecule has 0 aromatic carbocycles. The first-order valence-corrected chi connectivity index (χ1v) is 6.59. The summed E-state index contributed by atoms with van der Waals surface area (Å²) in [6.07, 6.45) is 9.25. The highest BCUT2D eigenvalue weighted by molar-refractivity contribution is 5.41. The molecule has 0 aliphatic heterocycles. The number of nitrogen functional groups attached to an aromatic ring is 1. The van der Waals surface area contributed by atoms with Gasteiger partial charge in [-0.25, -0.2) is 4.98 Å². The fourth-order valence-electron chi connectivity index (χ4n) is 2.93. The summed E-state index contributed by atoms with van der Waals surface area (Å²) < 4.78 is 2.13. The van der Waals surface area contributed by atoms with Gasteiger partial charge in [0.2, 0.25) is 0 Å². The van der Waals surface area contributed by atoms with E-state index in [0.717, 1.165) is 5.82 Å². The molecule has 0 radical (unpaired) electrons. The third kappa shape index (κ3) is 1.62. The Labute approximate surface area is 97.0 Å². The molecule has 0 bridgehead atoms. The normalized spacial score (nSPS) is 22.6. The summed E-state index contributed by atoms with van der Waals surface area (Å²) in [7, 11) is 2.07. The summed E-state index contributed by atoms with van der Waals surface area (Å²) in [4.78, 5) is 4.83. The molecule has 2 saturated carbocycles. The second-order valence-corrected chi connectivity index (χ2v) is 5.41. The number of rotatable bonds is 2. The third-order valence-electron chi connectivity index (χ3n) is 4.14. The number of nitrogens with zero attached hydrogens (tertiary/aromatic N) is 2. The monoisotopic (exact) mass is 219 g/mol. The first-order valence-electron chi connectivity index (χ1n) is 6.59. The lowest BCUT2D eigenvalue weighted by molar-refractivity contribution is 0.438. The molecule has 0 unspecified atom stereocenters. The van der Waals surface area contributed by atoms with Gasteiger partial charge in [0, 0.05) is 18.9 Å². The van der Waals surface area contributed by atoms with Gasteiger partial charge in [0.1, 0.15) is 11.6 Å². The van der Waals surface area contributed by atoms with Gasteiger partial charge in [0.25, 0.3) is 0 Å². The zero-order chi connectivity index (χ0) is 11.1. The number of nitrogens with two attached hydrogens (primary N) is 1. The molecule has 1 aromatic heterocycles. The summed E-state index contributed by atoms with van der Waals surface area (Å²) in [6, 6.07) is 0. The van der Waals surface area contributed by atoms with E-state index in [9.17, 15) is 0 Å². The summed E-state index contributed by atoms with van der Waals surface area (Å²) >= 11 is 0. The van der Waals surface area contributed by atoms with Crippen LogP contribution < -0.4 is 5.73 Å². The lowest BCUT2D eigenvalue weighted by atomic mass is 9.87. The number of imidazole rings is 1. The maximum atomic E-state index is 6.20. The van der Waals surface area contributed by atoms with Crippen LogP contribution in [-0.4, -0.2) is 9.55 Å². The molecule has 3 rings (SSSR count). The molecule has 2 aliphatic rings. The van der Waals surface area contributed by atoms with Gasteiger partial charge in [-0.2, -0.15) is 0 Å². The van der Waals surface area contributed by atoms with Crippen LogP contribution in [-0.2, 0) is 7.05 Å². The molecule has 2 N–H and O–H groups in total. The average molecular weight is 219 g/mol. The minimum absolute atomic E-state index is 0.632. The van der Waals surface area contributed by atoms with Crippen molar-refractivity contribution in [1.29, 1.82) is 0 Å². The van der Waals surface area contributed by atoms with Gasteiger partial charge in [-0.15, -0.1) is 0 Å². The molecular formula is C13H21N3. The lowest BCUT2D eigenvalue weighted by Gasteiger charge is -2.20. The van der Waals surface area contributed by atoms with Gasteiger partial charge in [-0.3, -0.25) is 0 Å². The van der Waals surface area contributed by atoms with Crippen molar-refractivity contribution in [3.05, 3.63) is 11.5 Å². The Morgan fingerprint density at radius 1 is 1.06 bits per heavy atom. The van der Waals surface area contributed by atoms with Crippen LogP contribution in [0.5, 0.6) is 0 Å². The van der Waals surface area contributed by atoms with Gasteiger partial charge in [-0.05, 0) is 25.7 Å². The first-order chi connectivity index (χ1) is 7.77. The van der Waals surface area contributed by atoms with Crippen molar-refractivity contribution < 1.29 is 0 Å². The van der Waals surface area contributed by atoms with Gasteiger partial charge in [0.15, 0.2) is 0 Å². The van der Waals surface area contributed by atoms with Crippen molar-refractivity contribution in [2.45, 2.75) is 56.8 Å². The van der Waals surface area contributed by atoms with Crippen LogP contribution in [0.15, 0.2) is 0 Å². The predicted octanol–water partition coefficient (Wildman–Crippen LogP) is 2.93. The Bertz CT molecular complexity index is 384. The fraction of sp³-hybridized carbons (Fsp3) is 0.769. The van der Waals surface area contributed by atoms with Crippen LogP contribution in [0.25, 0.3) is 0 Å². The second kappa shape index (κ2) is 3.79. The average Bonchev–Trinajstić information content (AvgIpc) is 3.10. The van der Waals surface area contributed by atoms with E-state index in [4.69, 9.17) is 10.7 Å². The van der Waals surface area contributed by atoms with E-state index in [-0.39, 0.29) is 0 Å². The fourth-order valence-corrected chi connectivity index (χ4v) is 2.93. The number of hydrogen-bond acceptors (Lipinski definition) is 2. The van der Waals surface area contributed by atoms with Crippen molar-refractivity contribution in [2.75, 3.05) is 5.73 Å². The Morgan fingerprint density at radius 2 is 1.75 bits per heavy atom. The highest BCUT2D eigenvalue weighted by atomic mass is 15.1. The van der Waals surface area contributed by atoms with Crippen molar-refractivity contribution in [3.8, 4) is 0 Å². The molecule has 88 valence electrons. The molecule has 0 atom stereocenters. The molecule has 16 heavy (non-hydrogen) atoms. The van der Waals surface area contributed by atoms with Crippen LogP contribution in [0.2, 0.25) is 0 Å². The van der Waals surface area contributed by atoms with Crippen LogP contribution >= 0.6 is 0 Å². The second-order valence-electron chi connectivity index (χ2n) is 5.41. The zero-order valence-electron chi connectivity index (χ0n) is 10.1. The van der Waals surface area contributed by atoms with Crippen molar-refractivity contribution in [2.24, 2.45) is 7.05 Å². The summed E-state index contributed by atoms with van der Waals surface area (Å²) in [5.74, 6) is 3.49. The SMILES string of the molecule is Cn1c(C2CC2)nc(C2CCCCC2)c1N. The van der Waals surface area contributed by atoms with E-state index in [0.29, 0.717) is 11.8 Å². The van der Waals surface area contributed by atoms with Crippen LogP contribution in [0, 0.1) is 0 Å². The highest BCUT2D eigenvalue weighted by Crippen LogP contribution is 2.42. The molecule has 0 saturated heterocycles. The van der Waals surface area contributed by atoms with Crippen LogP contribution in [0.1, 0.15) is 68.3 Å². The number of hydrogen-bond donors (Lipinski definition) is 1. The number of anilines is 1. The van der Waals surface area contributed by atoms with Crippen molar-refractivity contribution in [1.82, 2.24) is 9.55 Å². The Balaban J connectivity index is 1.90. The molecule has 1 aromatic rings. The van der Waals surface area contributed by atoms with E-state index in [1.807, 2.05) is 0 Å². The highest BCUT2D eigenvalue weighted by Gasteiger charge is 2.31. The van der Waals surface area contributed by atoms with Gasteiger partial charge in [0.05, 0.1) is 5.69 Å². The minimum Gasteiger partial charge on any atom is -0.384 e. The molecule has 2 fully saturated rings. The zero-order valence-corrected chi connectivity index (χ0v) is 10.1. The summed E-state index contributed by atoms with van der Waals surface area (Å²) in [6.45, 7) is 0. The van der Waals surface area contributed by atoms with Gasteiger partial charge < -0.3 is 10.3 Å². The van der Waals surface area contributed by atoms with E-state index >= 15 is 0 Å². The molecule has 1 heterocycles. The summed E-state index contributed by atoms with van der Waals surface area (Å²) in [5, 5.41) is 0. The largest absolute Gasteiger partial charge is 0.384 e. The first kappa shape index (κ1) is 10.2. The quantitative estimate of drug-likeness (QED) is 0.831. The number of aromatic nitrogens is 2. The van der Waals surface area contributed by atoms with E-state index in [1.165, 1.54) is 56.5 Å². The molecular weight excluding hydrogens is 198 g/mol. The smallest absolute Gasteiger partial charge is 0.126 e. The molecule has 0 spiro atoms. The van der Waals surface area contributed by atoms with Crippen LogP contribution in [0.3, 0.4) is 0 Å². The Morgan fingerprint density at radius 3 is 2.38 bits per heavy atom. The summed E-state index contributed by atoms with van der Waals surface area (Å²) in [5.41, 5.74) is 7.40. The maximum absolute atomic E-state index is 6.20. The predicted molar refractivity (Wildman–Crippen MR) is 65.4 cm³/mol. The van der Waals surface area contributed by atoms with E-state index in [2.05, 4.69) is 11.6 Å². The molecule has 2 aliphatic carbocycles. The standard InChI is InChI=1S/C13H21N3/c1-16-12(14)11(9-5-3-2-4-6-9)15-13(16)10-7-8-10/h9-10H,2-8,14H2,1H3. The van der Waals surface area contributed by atoms with Crippen LogP contribution in [0.4, 0.5) is 5.82 Å². The topological polar surface area (TPSA) is 43.8 Å². The molecule has 3 nitrogen and oxygen atoms in total. The molecule has 0 amide bonds. The Hall–Kier alpha value is -0.990. The van der Waals surface area contributed by atoms with Crippen molar-refractivity contribution >= 4 is 5.82 Å².